The fourth-order valence-electron chi connectivity index (χ4n) is 1.21. The molecule has 74 valence electrons. The maximum absolute atomic E-state index is 8.64. The van der Waals surface area contributed by atoms with Gasteiger partial charge in [-0.2, -0.15) is 0 Å². The first kappa shape index (κ1) is 10.4. The number of nitrogen functional groups attached to an aromatic ring is 1. The smallest absolute Gasteiger partial charge is 0.180 e. The molecular formula is C8H15N3OS. The molecule has 1 heterocycles. The molecule has 0 saturated carbocycles. The van der Waals surface area contributed by atoms with Gasteiger partial charge in [0, 0.05) is 17.5 Å². The van der Waals surface area contributed by atoms with Crippen molar-refractivity contribution < 1.29 is 5.11 Å². The molecule has 1 aromatic heterocycles. The van der Waals surface area contributed by atoms with Crippen LogP contribution < -0.4 is 11.1 Å². The minimum absolute atomic E-state index is 0.150. The second-order valence-electron chi connectivity index (χ2n) is 2.90. The van der Waals surface area contributed by atoms with Gasteiger partial charge >= 0.3 is 0 Å². The van der Waals surface area contributed by atoms with Crippen LogP contribution in [0.5, 0.6) is 0 Å². The van der Waals surface area contributed by atoms with Crippen LogP contribution in [0.4, 0.5) is 5.13 Å². The number of aromatic nitrogens is 1. The molecule has 13 heavy (non-hydrogen) atoms. The van der Waals surface area contributed by atoms with Crippen molar-refractivity contribution in [3.63, 3.8) is 0 Å². The van der Waals surface area contributed by atoms with Gasteiger partial charge in [-0.25, -0.2) is 4.98 Å². The first-order valence-electron chi connectivity index (χ1n) is 4.22. The summed E-state index contributed by atoms with van der Waals surface area (Å²) in [5, 5.41) is 12.4. The molecule has 0 fully saturated rings. The number of aliphatic hydroxyl groups excluding tert-OH is 1. The largest absolute Gasteiger partial charge is 0.395 e. The van der Waals surface area contributed by atoms with Gasteiger partial charge < -0.3 is 16.2 Å². The van der Waals surface area contributed by atoms with E-state index in [1.165, 1.54) is 11.3 Å². The minimum Gasteiger partial charge on any atom is -0.395 e. The molecule has 0 bridgehead atoms. The molecule has 0 aromatic carbocycles. The van der Waals surface area contributed by atoms with Crippen LogP contribution in [0, 0.1) is 6.92 Å². The van der Waals surface area contributed by atoms with Gasteiger partial charge in [0.1, 0.15) is 0 Å². The van der Waals surface area contributed by atoms with E-state index in [4.69, 9.17) is 10.8 Å². The monoisotopic (exact) mass is 201 g/mol. The van der Waals surface area contributed by atoms with E-state index in [0.29, 0.717) is 11.7 Å². The van der Waals surface area contributed by atoms with Gasteiger partial charge in [0.2, 0.25) is 0 Å². The first-order chi connectivity index (χ1) is 6.15. The van der Waals surface area contributed by atoms with Crippen LogP contribution in [0.25, 0.3) is 0 Å². The van der Waals surface area contributed by atoms with Crippen molar-refractivity contribution in [3.05, 3.63) is 10.6 Å². The molecule has 0 aliphatic rings. The molecule has 4 N–H and O–H groups in total. The average molecular weight is 201 g/mol. The quantitative estimate of drug-likeness (QED) is 0.670. The Morgan fingerprint density at radius 3 is 2.85 bits per heavy atom. The van der Waals surface area contributed by atoms with E-state index in [9.17, 15) is 0 Å². The molecular weight excluding hydrogens is 186 g/mol. The summed E-state index contributed by atoms with van der Waals surface area (Å²) in [5.74, 6) is 0. The van der Waals surface area contributed by atoms with Gasteiger partial charge in [-0.1, -0.05) is 0 Å². The number of nitrogens with one attached hydrogen (secondary N) is 1. The molecule has 1 rings (SSSR count). The maximum atomic E-state index is 8.64. The minimum atomic E-state index is 0.150. The Kier molecular flexibility index (Phi) is 3.65. The fourth-order valence-corrected chi connectivity index (χ4v) is 2.07. The molecule has 0 spiro atoms. The Labute approximate surface area is 81.8 Å². The van der Waals surface area contributed by atoms with E-state index >= 15 is 0 Å². The topological polar surface area (TPSA) is 71.2 Å². The molecule has 0 aliphatic heterocycles. The lowest BCUT2D eigenvalue weighted by Crippen LogP contribution is -2.21. The highest BCUT2D eigenvalue weighted by Crippen LogP contribution is 2.25. The van der Waals surface area contributed by atoms with Gasteiger partial charge in [0.15, 0.2) is 5.13 Å². The van der Waals surface area contributed by atoms with Gasteiger partial charge in [0.05, 0.1) is 12.3 Å². The van der Waals surface area contributed by atoms with Gasteiger partial charge in [-0.3, -0.25) is 0 Å². The number of aryl methyl sites for hydroxylation is 1. The maximum Gasteiger partial charge on any atom is 0.180 e. The van der Waals surface area contributed by atoms with Crippen molar-refractivity contribution in [2.24, 2.45) is 0 Å². The summed E-state index contributed by atoms with van der Waals surface area (Å²) < 4.78 is 0. The summed E-state index contributed by atoms with van der Waals surface area (Å²) in [6, 6.07) is 0.210. The average Bonchev–Trinajstić information content (AvgIpc) is 2.41. The summed E-state index contributed by atoms with van der Waals surface area (Å²) in [5.41, 5.74) is 6.55. The molecule has 5 heteroatoms. The molecule has 0 saturated heterocycles. The molecule has 0 aliphatic carbocycles. The number of thiazole rings is 1. The Bertz CT molecular complexity index is 274. The summed E-state index contributed by atoms with van der Waals surface area (Å²) in [6.45, 7) is 4.73. The van der Waals surface area contributed by atoms with E-state index in [0.717, 1.165) is 10.6 Å². The molecule has 4 nitrogen and oxygen atoms in total. The van der Waals surface area contributed by atoms with E-state index in [2.05, 4.69) is 10.3 Å². The molecule has 0 radical (unpaired) electrons. The Balaban J connectivity index is 2.64. The van der Waals surface area contributed by atoms with Crippen molar-refractivity contribution >= 4 is 16.5 Å². The van der Waals surface area contributed by atoms with Crippen molar-refractivity contribution in [1.29, 1.82) is 0 Å². The Hall–Kier alpha value is -0.650. The Morgan fingerprint density at radius 1 is 1.69 bits per heavy atom. The van der Waals surface area contributed by atoms with Crippen molar-refractivity contribution in [3.8, 4) is 0 Å². The van der Waals surface area contributed by atoms with E-state index in [-0.39, 0.29) is 12.6 Å². The zero-order chi connectivity index (χ0) is 9.84. The lowest BCUT2D eigenvalue weighted by molar-refractivity contribution is 0.286. The van der Waals surface area contributed by atoms with Crippen LogP contribution in [0.15, 0.2) is 0 Å². The first-order valence-corrected chi connectivity index (χ1v) is 5.04. The number of anilines is 1. The summed E-state index contributed by atoms with van der Waals surface area (Å²) in [7, 11) is 0. The molecule has 0 amide bonds. The fraction of sp³-hybridized carbons (Fsp3) is 0.625. The number of nitrogens with two attached hydrogens (primary N) is 1. The third-order valence-electron chi connectivity index (χ3n) is 1.80. The lowest BCUT2D eigenvalue weighted by atomic mass is 10.2. The highest BCUT2D eigenvalue weighted by Gasteiger charge is 2.11. The molecule has 1 atom stereocenters. The summed E-state index contributed by atoms with van der Waals surface area (Å²) in [6.07, 6.45) is 0. The predicted octanol–water partition coefficient (Wildman–Crippen LogP) is 0.677. The van der Waals surface area contributed by atoms with E-state index < -0.39 is 0 Å². The van der Waals surface area contributed by atoms with Crippen LogP contribution in [0.3, 0.4) is 0 Å². The van der Waals surface area contributed by atoms with Crippen LogP contribution in [0.1, 0.15) is 23.5 Å². The van der Waals surface area contributed by atoms with Gasteiger partial charge in [-0.05, 0) is 13.8 Å². The normalized spacial score (nSPS) is 13.2. The van der Waals surface area contributed by atoms with Crippen LogP contribution >= 0.6 is 11.3 Å². The standard InChI is InChI=1S/C8H15N3OS/c1-5(10-3-4-12)7-6(2)11-8(9)13-7/h5,10,12H,3-4H2,1-2H3,(H2,9,11). The highest BCUT2D eigenvalue weighted by atomic mass is 32.1. The number of hydrogen-bond acceptors (Lipinski definition) is 5. The summed E-state index contributed by atoms with van der Waals surface area (Å²) in [4.78, 5) is 5.28. The highest BCUT2D eigenvalue weighted by molar-refractivity contribution is 7.15. The SMILES string of the molecule is Cc1nc(N)sc1C(C)NCCO. The van der Waals surface area contributed by atoms with Crippen LogP contribution in [0.2, 0.25) is 0 Å². The molecule has 1 unspecified atom stereocenters. The van der Waals surface area contributed by atoms with Gasteiger partial charge in [-0.15, -0.1) is 11.3 Å². The van der Waals surface area contributed by atoms with Crippen molar-refractivity contribution in [2.45, 2.75) is 19.9 Å². The number of rotatable bonds is 4. The van der Waals surface area contributed by atoms with Crippen LogP contribution in [-0.4, -0.2) is 23.2 Å². The predicted molar refractivity (Wildman–Crippen MR) is 54.8 cm³/mol. The lowest BCUT2D eigenvalue weighted by Gasteiger charge is -2.10. The third-order valence-corrected chi connectivity index (χ3v) is 2.97. The number of hydrogen-bond donors (Lipinski definition) is 3. The van der Waals surface area contributed by atoms with Crippen LogP contribution in [-0.2, 0) is 0 Å². The van der Waals surface area contributed by atoms with E-state index in [1.54, 1.807) is 0 Å². The molecule has 1 aromatic rings. The Morgan fingerprint density at radius 2 is 2.38 bits per heavy atom. The zero-order valence-electron chi connectivity index (χ0n) is 7.87. The van der Waals surface area contributed by atoms with Crippen molar-refractivity contribution in [1.82, 2.24) is 10.3 Å². The van der Waals surface area contributed by atoms with Crippen molar-refractivity contribution in [2.75, 3.05) is 18.9 Å². The zero-order valence-corrected chi connectivity index (χ0v) is 8.69. The second-order valence-corrected chi connectivity index (χ2v) is 3.96. The second kappa shape index (κ2) is 4.55. The third kappa shape index (κ3) is 2.65. The van der Waals surface area contributed by atoms with E-state index in [1.807, 2.05) is 13.8 Å². The number of nitrogens with zero attached hydrogens (tertiary/aromatic N) is 1. The van der Waals surface area contributed by atoms with Gasteiger partial charge in [0.25, 0.3) is 0 Å². The summed E-state index contributed by atoms with van der Waals surface area (Å²) >= 11 is 1.50. The number of aliphatic hydroxyl groups is 1.